The molecule has 1 N–H and O–H groups in total. The van der Waals surface area contributed by atoms with E-state index < -0.39 is 18.1 Å². The van der Waals surface area contributed by atoms with E-state index in [0.717, 1.165) is 51.4 Å². The number of hydrogen-bond donors (Lipinski definition) is 1. The predicted molar refractivity (Wildman–Crippen MR) is 215 cm³/mol. The summed E-state index contributed by atoms with van der Waals surface area (Å²) in [4.78, 5) is 36.8. The number of rotatable bonds is 33. The highest BCUT2D eigenvalue weighted by Crippen LogP contribution is 2.13. The molecule has 0 bridgehead atoms. The number of nitrogens with zero attached hydrogens (tertiary/aromatic N) is 1. The molecule has 0 aliphatic heterocycles. The fourth-order valence-electron chi connectivity index (χ4n) is 5.19. The normalized spacial score (nSPS) is 13.9. The monoisotopic (exact) mass is 727 g/mol. The van der Waals surface area contributed by atoms with Crippen LogP contribution in [-0.4, -0.2) is 80.6 Å². The van der Waals surface area contributed by atoms with Crippen LogP contribution in [0, 0.1) is 0 Å². The van der Waals surface area contributed by atoms with Gasteiger partial charge in [-0.1, -0.05) is 157 Å². The van der Waals surface area contributed by atoms with Gasteiger partial charge in [-0.3, -0.25) is 9.59 Å². The van der Waals surface area contributed by atoms with E-state index in [0.29, 0.717) is 19.3 Å². The predicted octanol–water partition coefficient (Wildman–Crippen LogP) is 10.2. The highest BCUT2D eigenvalue weighted by Gasteiger charge is 2.31. The maximum Gasteiger partial charge on any atom is 0.362 e. The van der Waals surface area contributed by atoms with Crippen molar-refractivity contribution in [2.24, 2.45) is 0 Å². The van der Waals surface area contributed by atoms with E-state index in [-0.39, 0.29) is 36.2 Å². The maximum atomic E-state index is 12.6. The van der Waals surface area contributed by atoms with Gasteiger partial charge in [0.15, 0.2) is 12.1 Å². The van der Waals surface area contributed by atoms with Crippen LogP contribution in [-0.2, 0) is 28.6 Å². The zero-order valence-electron chi connectivity index (χ0n) is 33.2. The summed E-state index contributed by atoms with van der Waals surface area (Å²) in [6.45, 7) is 4.49. The van der Waals surface area contributed by atoms with Gasteiger partial charge in [0.1, 0.15) is 6.61 Å². The molecule has 0 saturated heterocycles. The average Bonchev–Trinajstić information content (AvgIpc) is 3.09. The van der Waals surface area contributed by atoms with Gasteiger partial charge in [0.05, 0.1) is 34.4 Å². The zero-order chi connectivity index (χ0) is 38.5. The molecule has 2 unspecified atom stereocenters. The first kappa shape index (κ1) is 48.5. The Bertz CT molecular complexity index is 1120. The number of carboxylic acids is 1. The van der Waals surface area contributed by atoms with E-state index >= 15 is 0 Å². The number of carbonyl (C=O) groups excluding carboxylic acids is 2. The summed E-state index contributed by atoms with van der Waals surface area (Å²) in [5.41, 5.74) is 0. The van der Waals surface area contributed by atoms with E-state index in [1.807, 2.05) is 94.1 Å². The zero-order valence-corrected chi connectivity index (χ0v) is 33.2. The molecular weight excluding hydrogens is 654 g/mol. The SMILES string of the molecule is CC/C=C/C=C/C=C/C=C/C=C/C=C/C=C/CCCCCC(=O)OCC(COCCC(C(=O)O)[N+](C)(C)C)OC(=O)CCCCCCCCCCC. The largest absolute Gasteiger partial charge is 0.477 e. The van der Waals surface area contributed by atoms with E-state index in [2.05, 4.69) is 26.0 Å². The van der Waals surface area contributed by atoms with Crippen molar-refractivity contribution in [3.8, 4) is 0 Å². The van der Waals surface area contributed by atoms with E-state index in [1.165, 1.54) is 38.5 Å². The first-order valence-corrected chi connectivity index (χ1v) is 19.7. The molecule has 52 heavy (non-hydrogen) atoms. The fourth-order valence-corrected chi connectivity index (χ4v) is 5.19. The third-order valence-electron chi connectivity index (χ3n) is 8.25. The molecule has 0 saturated carbocycles. The summed E-state index contributed by atoms with van der Waals surface area (Å²) in [6, 6.07) is -0.624. The number of carbonyl (C=O) groups is 3. The van der Waals surface area contributed by atoms with Gasteiger partial charge in [0, 0.05) is 19.3 Å². The van der Waals surface area contributed by atoms with Gasteiger partial charge >= 0.3 is 17.9 Å². The lowest BCUT2D eigenvalue weighted by Gasteiger charge is -2.31. The van der Waals surface area contributed by atoms with Crippen molar-refractivity contribution in [3.63, 3.8) is 0 Å². The van der Waals surface area contributed by atoms with Gasteiger partial charge < -0.3 is 23.8 Å². The van der Waals surface area contributed by atoms with Crippen LogP contribution in [0.5, 0.6) is 0 Å². The lowest BCUT2D eigenvalue weighted by atomic mass is 10.1. The highest BCUT2D eigenvalue weighted by molar-refractivity contribution is 5.72. The number of unbranched alkanes of at least 4 members (excludes halogenated alkanes) is 11. The van der Waals surface area contributed by atoms with Crippen LogP contribution >= 0.6 is 0 Å². The molecule has 0 fully saturated rings. The quantitative estimate of drug-likeness (QED) is 0.0311. The standard InChI is InChI=1S/C44H71NO7/c1-6-8-10-12-14-16-17-18-19-20-21-22-23-24-25-27-28-30-32-34-42(46)51-39-40(38-50-37-36-41(44(48)49)45(3,4)5)52-43(47)35-33-31-29-26-15-13-11-9-7-2/h8,10,12,14,16-25,40-41H,6-7,9,11,13,15,26-39H2,1-5H3/p+1/b10-8+,14-12+,17-16+,19-18+,21-20+,23-22+,25-24+. The summed E-state index contributed by atoms with van der Waals surface area (Å²) in [5, 5.41) is 9.58. The Morgan fingerprint density at radius 2 is 1.08 bits per heavy atom. The maximum absolute atomic E-state index is 12.6. The van der Waals surface area contributed by atoms with Gasteiger partial charge in [0.2, 0.25) is 0 Å². The van der Waals surface area contributed by atoms with Gasteiger partial charge in [0.25, 0.3) is 0 Å². The first-order valence-electron chi connectivity index (χ1n) is 19.7. The Morgan fingerprint density at radius 3 is 1.60 bits per heavy atom. The third-order valence-corrected chi connectivity index (χ3v) is 8.25. The topological polar surface area (TPSA) is 99.1 Å². The Morgan fingerprint density at radius 1 is 0.596 bits per heavy atom. The van der Waals surface area contributed by atoms with E-state index in [4.69, 9.17) is 14.2 Å². The smallest absolute Gasteiger partial charge is 0.362 e. The van der Waals surface area contributed by atoms with Crippen molar-refractivity contribution in [3.05, 3.63) is 85.1 Å². The number of ether oxygens (including phenoxy) is 3. The highest BCUT2D eigenvalue weighted by atomic mass is 16.6. The second-order valence-electron chi connectivity index (χ2n) is 14.0. The molecule has 0 radical (unpaired) electrons. The molecule has 294 valence electrons. The molecule has 2 atom stereocenters. The summed E-state index contributed by atoms with van der Waals surface area (Å²) in [5.74, 6) is -1.54. The van der Waals surface area contributed by atoms with Gasteiger partial charge in [-0.15, -0.1) is 0 Å². The second kappa shape index (κ2) is 34.6. The molecule has 0 aliphatic rings. The molecule has 0 aromatic heterocycles. The molecule has 0 amide bonds. The number of quaternary nitrogens is 1. The van der Waals surface area contributed by atoms with Crippen LogP contribution in [0.3, 0.4) is 0 Å². The van der Waals surface area contributed by atoms with Crippen molar-refractivity contribution in [1.29, 1.82) is 0 Å². The average molecular weight is 727 g/mol. The summed E-state index contributed by atoms with van der Waals surface area (Å²) in [7, 11) is 5.49. The minimum Gasteiger partial charge on any atom is -0.477 e. The van der Waals surface area contributed by atoms with Crippen LogP contribution in [0.4, 0.5) is 0 Å². The first-order chi connectivity index (χ1) is 25.1. The number of hydrogen-bond acceptors (Lipinski definition) is 6. The molecule has 0 heterocycles. The van der Waals surface area contributed by atoms with Gasteiger partial charge in [-0.25, -0.2) is 4.79 Å². The van der Waals surface area contributed by atoms with E-state index in [9.17, 15) is 19.5 Å². The van der Waals surface area contributed by atoms with Crippen molar-refractivity contribution in [1.82, 2.24) is 0 Å². The van der Waals surface area contributed by atoms with Crippen LogP contribution < -0.4 is 0 Å². The molecule has 0 rings (SSSR count). The Hall–Kier alpha value is -3.49. The van der Waals surface area contributed by atoms with Crippen LogP contribution in [0.1, 0.15) is 123 Å². The minimum absolute atomic E-state index is 0.0418. The molecule has 0 spiro atoms. The Kier molecular flexibility index (Phi) is 32.3. The molecule has 0 aromatic carbocycles. The van der Waals surface area contributed by atoms with E-state index in [1.54, 1.807) is 0 Å². The second-order valence-corrected chi connectivity index (χ2v) is 14.0. The van der Waals surface area contributed by atoms with Crippen molar-refractivity contribution in [2.45, 2.75) is 135 Å². The minimum atomic E-state index is -0.887. The summed E-state index contributed by atoms with van der Waals surface area (Å²) in [6.07, 6.45) is 43.4. The molecule has 8 nitrogen and oxygen atoms in total. The van der Waals surface area contributed by atoms with Crippen molar-refractivity contribution >= 4 is 17.9 Å². The van der Waals surface area contributed by atoms with Crippen LogP contribution in [0.25, 0.3) is 0 Å². The van der Waals surface area contributed by atoms with Crippen molar-refractivity contribution in [2.75, 3.05) is 41.0 Å². The number of esters is 2. The van der Waals surface area contributed by atoms with Gasteiger partial charge in [-0.05, 0) is 32.1 Å². The molecule has 8 heteroatoms. The molecule has 0 aromatic rings. The molecule has 0 aliphatic carbocycles. The third kappa shape index (κ3) is 32.4. The lowest BCUT2D eigenvalue weighted by molar-refractivity contribution is -0.887. The summed E-state index contributed by atoms with van der Waals surface area (Å²) >= 11 is 0. The number of allylic oxidation sites excluding steroid dienone is 14. The Labute approximate surface area is 316 Å². The number of likely N-dealkylation sites (N-methyl/N-ethyl adjacent to an activating group) is 1. The van der Waals surface area contributed by atoms with Crippen molar-refractivity contribution < 1.29 is 38.2 Å². The lowest BCUT2D eigenvalue weighted by Crippen LogP contribution is -2.50. The molecular formula is C44H72NO7+. The summed E-state index contributed by atoms with van der Waals surface area (Å²) < 4.78 is 17.1. The fraction of sp³-hybridized carbons (Fsp3) is 0.614. The number of carboxylic acid groups (broad SMARTS) is 1. The Balaban J connectivity index is 4.49. The van der Waals surface area contributed by atoms with Gasteiger partial charge in [-0.2, -0.15) is 0 Å². The van der Waals surface area contributed by atoms with Crippen LogP contribution in [0.15, 0.2) is 85.1 Å². The number of aliphatic carboxylic acids is 1. The van der Waals surface area contributed by atoms with Crippen LogP contribution in [0.2, 0.25) is 0 Å².